The van der Waals surface area contributed by atoms with Crippen LogP contribution in [0.2, 0.25) is 0 Å². The maximum Gasteiger partial charge on any atom is 0.319 e. The molecule has 6 nitrogen and oxygen atoms in total. The molecule has 0 radical (unpaired) electrons. The average molecular weight is 341 g/mol. The molecular formula is C19H23N3O3. The number of amides is 2. The van der Waals surface area contributed by atoms with Crippen LogP contribution in [0.15, 0.2) is 42.5 Å². The molecule has 2 amide bonds. The summed E-state index contributed by atoms with van der Waals surface area (Å²) in [6.45, 7) is 6.83. The van der Waals surface area contributed by atoms with E-state index in [1.807, 2.05) is 42.5 Å². The van der Waals surface area contributed by atoms with Gasteiger partial charge in [0.25, 0.3) is 0 Å². The number of nitrogens with one attached hydrogen (secondary N) is 2. The van der Waals surface area contributed by atoms with E-state index in [0.29, 0.717) is 12.3 Å². The van der Waals surface area contributed by atoms with E-state index in [0.717, 1.165) is 35.8 Å². The van der Waals surface area contributed by atoms with E-state index in [2.05, 4.69) is 29.4 Å². The number of benzene rings is 2. The molecule has 3 rings (SSSR count). The van der Waals surface area contributed by atoms with Crippen molar-refractivity contribution in [2.45, 2.75) is 20.4 Å². The van der Waals surface area contributed by atoms with Crippen molar-refractivity contribution in [3.05, 3.63) is 48.0 Å². The molecule has 0 aromatic heterocycles. The third kappa shape index (κ3) is 4.15. The van der Waals surface area contributed by atoms with Crippen molar-refractivity contribution in [3.8, 4) is 11.5 Å². The van der Waals surface area contributed by atoms with Gasteiger partial charge >= 0.3 is 6.03 Å². The second kappa shape index (κ2) is 7.79. The maximum atomic E-state index is 12.1. The molecule has 0 saturated carbocycles. The number of hydrogen-bond donors (Lipinski definition) is 2. The largest absolute Gasteiger partial charge is 0.454 e. The van der Waals surface area contributed by atoms with Gasteiger partial charge in [-0.15, -0.1) is 0 Å². The summed E-state index contributed by atoms with van der Waals surface area (Å²) in [7, 11) is 0. The quantitative estimate of drug-likeness (QED) is 0.843. The molecule has 0 fully saturated rings. The number of rotatable bonds is 6. The fourth-order valence-electron chi connectivity index (χ4n) is 2.75. The third-order valence-electron chi connectivity index (χ3n) is 4.14. The Morgan fingerprint density at radius 2 is 1.76 bits per heavy atom. The van der Waals surface area contributed by atoms with Gasteiger partial charge in [-0.25, -0.2) is 4.79 Å². The normalized spacial score (nSPS) is 11.9. The minimum Gasteiger partial charge on any atom is -0.454 e. The van der Waals surface area contributed by atoms with Crippen molar-refractivity contribution in [1.82, 2.24) is 5.32 Å². The van der Waals surface area contributed by atoms with Crippen LogP contribution in [0.25, 0.3) is 0 Å². The highest BCUT2D eigenvalue weighted by molar-refractivity contribution is 5.89. The first kappa shape index (κ1) is 17.0. The molecule has 2 aromatic carbocycles. The molecule has 0 spiro atoms. The molecule has 0 atom stereocenters. The average Bonchev–Trinajstić information content (AvgIpc) is 3.10. The molecule has 0 aliphatic carbocycles. The van der Waals surface area contributed by atoms with E-state index >= 15 is 0 Å². The number of carbonyl (C=O) groups is 1. The lowest BCUT2D eigenvalue weighted by atomic mass is 10.2. The minimum atomic E-state index is -0.242. The number of ether oxygens (including phenoxy) is 2. The van der Waals surface area contributed by atoms with E-state index in [-0.39, 0.29) is 12.8 Å². The Labute approximate surface area is 147 Å². The van der Waals surface area contributed by atoms with Gasteiger partial charge in [-0.05, 0) is 55.8 Å². The van der Waals surface area contributed by atoms with Crippen LogP contribution in [0.3, 0.4) is 0 Å². The summed E-state index contributed by atoms with van der Waals surface area (Å²) in [5, 5.41) is 5.68. The number of anilines is 2. The van der Waals surface area contributed by atoms with Crippen LogP contribution in [-0.4, -0.2) is 25.9 Å². The Morgan fingerprint density at radius 3 is 2.48 bits per heavy atom. The topological polar surface area (TPSA) is 62.8 Å². The number of hydrogen-bond acceptors (Lipinski definition) is 4. The Balaban J connectivity index is 1.52. The molecule has 2 N–H and O–H groups in total. The molecule has 1 heterocycles. The lowest BCUT2D eigenvalue weighted by Gasteiger charge is -2.21. The number of fused-ring (bicyclic) bond motifs is 1. The first-order valence-electron chi connectivity index (χ1n) is 8.48. The molecule has 1 aliphatic heterocycles. The minimum absolute atomic E-state index is 0.242. The molecule has 0 bridgehead atoms. The van der Waals surface area contributed by atoms with E-state index in [4.69, 9.17) is 9.47 Å². The molecule has 25 heavy (non-hydrogen) atoms. The van der Waals surface area contributed by atoms with E-state index in [1.54, 1.807) is 0 Å². The standard InChI is InChI=1S/C19H23N3O3/c1-3-22(4-2)16-8-6-15(7-9-16)21-19(23)20-12-14-5-10-17-18(11-14)25-13-24-17/h5-11H,3-4,12-13H2,1-2H3,(H2,20,21,23). The third-order valence-corrected chi connectivity index (χ3v) is 4.14. The van der Waals surface area contributed by atoms with Crippen molar-refractivity contribution in [3.63, 3.8) is 0 Å². The molecule has 2 aromatic rings. The van der Waals surface area contributed by atoms with Gasteiger partial charge in [0, 0.05) is 31.0 Å². The Hall–Kier alpha value is -2.89. The van der Waals surface area contributed by atoms with Crippen molar-refractivity contribution in [2.24, 2.45) is 0 Å². The molecule has 0 unspecified atom stereocenters. The summed E-state index contributed by atoms with van der Waals surface area (Å²) in [6.07, 6.45) is 0. The Bertz CT molecular complexity index is 727. The van der Waals surface area contributed by atoms with Crippen LogP contribution in [-0.2, 0) is 6.54 Å². The predicted molar refractivity (Wildman–Crippen MR) is 98.4 cm³/mol. The summed E-state index contributed by atoms with van der Waals surface area (Å²) >= 11 is 0. The van der Waals surface area contributed by atoms with Gasteiger partial charge in [0.05, 0.1) is 0 Å². The maximum absolute atomic E-state index is 12.1. The van der Waals surface area contributed by atoms with Crippen molar-refractivity contribution in [2.75, 3.05) is 30.1 Å². The fourth-order valence-corrected chi connectivity index (χ4v) is 2.75. The highest BCUT2D eigenvalue weighted by Gasteiger charge is 2.13. The summed E-state index contributed by atoms with van der Waals surface area (Å²) in [5.41, 5.74) is 2.87. The van der Waals surface area contributed by atoms with Crippen LogP contribution in [0.4, 0.5) is 16.2 Å². The van der Waals surface area contributed by atoms with Gasteiger partial charge in [-0.3, -0.25) is 0 Å². The zero-order valence-electron chi connectivity index (χ0n) is 14.5. The number of nitrogens with zero attached hydrogens (tertiary/aromatic N) is 1. The highest BCUT2D eigenvalue weighted by Crippen LogP contribution is 2.32. The molecule has 6 heteroatoms. The number of urea groups is 1. The molecule has 1 aliphatic rings. The zero-order valence-corrected chi connectivity index (χ0v) is 14.5. The van der Waals surface area contributed by atoms with Crippen LogP contribution in [0.5, 0.6) is 11.5 Å². The Kier molecular flexibility index (Phi) is 5.28. The van der Waals surface area contributed by atoms with Crippen molar-refractivity contribution < 1.29 is 14.3 Å². The van der Waals surface area contributed by atoms with Crippen molar-refractivity contribution in [1.29, 1.82) is 0 Å². The summed E-state index contributed by atoms with van der Waals surface area (Å²) in [4.78, 5) is 14.3. The Morgan fingerprint density at radius 1 is 1.04 bits per heavy atom. The molecule has 0 saturated heterocycles. The van der Waals surface area contributed by atoms with Gasteiger partial charge in [0.15, 0.2) is 11.5 Å². The second-order valence-electron chi connectivity index (χ2n) is 5.71. The first-order chi connectivity index (χ1) is 12.2. The van der Waals surface area contributed by atoms with Gasteiger partial charge in [0.1, 0.15) is 0 Å². The monoisotopic (exact) mass is 341 g/mol. The lowest BCUT2D eigenvalue weighted by Crippen LogP contribution is -2.28. The second-order valence-corrected chi connectivity index (χ2v) is 5.71. The van der Waals surface area contributed by atoms with Crippen molar-refractivity contribution >= 4 is 17.4 Å². The van der Waals surface area contributed by atoms with E-state index < -0.39 is 0 Å². The predicted octanol–water partition coefficient (Wildman–Crippen LogP) is 3.58. The van der Waals surface area contributed by atoms with E-state index in [9.17, 15) is 4.79 Å². The van der Waals surface area contributed by atoms with E-state index in [1.165, 1.54) is 0 Å². The van der Waals surface area contributed by atoms with Gasteiger partial charge < -0.3 is 25.0 Å². The lowest BCUT2D eigenvalue weighted by molar-refractivity contribution is 0.174. The zero-order chi connectivity index (χ0) is 17.6. The fraction of sp³-hybridized carbons (Fsp3) is 0.316. The summed E-state index contributed by atoms with van der Waals surface area (Å²) in [6, 6.07) is 13.2. The summed E-state index contributed by atoms with van der Waals surface area (Å²) < 4.78 is 10.6. The SMILES string of the molecule is CCN(CC)c1ccc(NC(=O)NCc2ccc3c(c2)OCO3)cc1. The van der Waals surface area contributed by atoms with Crippen LogP contribution in [0, 0.1) is 0 Å². The van der Waals surface area contributed by atoms with Gasteiger partial charge in [0.2, 0.25) is 6.79 Å². The first-order valence-corrected chi connectivity index (χ1v) is 8.48. The highest BCUT2D eigenvalue weighted by atomic mass is 16.7. The smallest absolute Gasteiger partial charge is 0.319 e. The summed E-state index contributed by atoms with van der Waals surface area (Å²) in [5.74, 6) is 1.45. The van der Waals surface area contributed by atoms with Gasteiger partial charge in [-0.2, -0.15) is 0 Å². The molecule has 132 valence electrons. The molecular weight excluding hydrogens is 318 g/mol. The van der Waals surface area contributed by atoms with Gasteiger partial charge in [-0.1, -0.05) is 6.07 Å². The van der Waals surface area contributed by atoms with Crippen LogP contribution in [0.1, 0.15) is 19.4 Å². The van der Waals surface area contributed by atoms with Crippen LogP contribution >= 0.6 is 0 Å². The number of carbonyl (C=O) groups excluding carboxylic acids is 1. The van der Waals surface area contributed by atoms with Crippen LogP contribution < -0.4 is 25.0 Å².